The van der Waals surface area contributed by atoms with E-state index < -0.39 is 0 Å². The second-order valence-electron chi connectivity index (χ2n) is 4.16. The van der Waals surface area contributed by atoms with Gasteiger partial charge in [0.05, 0.1) is 18.7 Å². The molecule has 2 aromatic heterocycles. The molecule has 0 saturated heterocycles. The van der Waals surface area contributed by atoms with Gasteiger partial charge in [0.15, 0.2) is 5.13 Å². The van der Waals surface area contributed by atoms with E-state index in [0.29, 0.717) is 26.0 Å². The first-order valence-electron chi connectivity index (χ1n) is 6.50. The highest BCUT2D eigenvalue weighted by Gasteiger charge is 2.06. The van der Waals surface area contributed by atoms with E-state index in [4.69, 9.17) is 4.74 Å². The first-order valence-corrected chi connectivity index (χ1v) is 7.38. The third-order valence-corrected chi connectivity index (χ3v) is 3.48. The van der Waals surface area contributed by atoms with Crippen LogP contribution in [0.1, 0.15) is 24.6 Å². The van der Waals surface area contributed by atoms with E-state index in [0.717, 1.165) is 16.4 Å². The fourth-order valence-corrected chi connectivity index (χ4v) is 2.39. The van der Waals surface area contributed by atoms with Gasteiger partial charge in [0.1, 0.15) is 0 Å². The first kappa shape index (κ1) is 14.5. The summed E-state index contributed by atoms with van der Waals surface area (Å²) in [4.78, 5) is 19.7. The average Bonchev–Trinajstić information content (AvgIpc) is 2.92. The number of hydrogen-bond donors (Lipinski definition) is 1. The second-order valence-corrected chi connectivity index (χ2v) is 5.02. The lowest BCUT2D eigenvalue weighted by Crippen LogP contribution is -2.05. The molecule has 5 nitrogen and oxygen atoms in total. The molecule has 106 valence electrons. The van der Waals surface area contributed by atoms with E-state index in [2.05, 4.69) is 15.3 Å². The Bertz CT molecular complexity index is 542. The molecule has 0 spiro atoms. The summed E-state index contributed by atoms with van der Waals surface area (Å²) < 4.78 is 4.89. The molecular weight excluding hydrogens is 274 g/mol. The molecule has 2 aromatic rings. The number of nitrogens with zero attached hydrogens (tertiary/aromatic N) is 2. The van der Waals surface area contributed by atoms with Gasteiger partial charge in [0.2, 0.25) is 0 Å². The molecule has 0 fully saturated rings. The van der Waals surface area contributed by atoms with Crippen molar-refractivity contribution >= 4 is 22.4 Å². The molecule has 2 rings (SSSR count). The molecule has 0 amide bonds. The zero-order valence-electron chi connectivity index (χ0n) is 11.3. The van der Waals surface area contributed by atoms with Crippen LogP contribution in [0.2, 0.25) is 0 Å². The Balaban J connectivity index is 1.79. The van der Waals surface area contributed by atoms with Gasteiger partial charge < -0.3 is 10.1 Å². The Hall–Kier alpha value is -1.95. The quantitative estimate of drug-likeness (QED) is 0.794. The molecule has 0 aliphatic heterocycles. The molecule has 20 heavy (non-hydrogen) atoms. The lowest BCUT2D eigenvalue weighted by molar-refractivity contribution is -0.143. The van der Waals surface area contributed by atoms with Gasteiger partial charge in [0, 0.05) is 30.7 Å². The van der Waals surface area contributed by atoms with Crippen LogP contribution in [0.3, 0.4) is 0 Å². The molecule has 0 saturated carbocycles. The zero-order valence-corrected chi connectivity index (χ0v) is 12.2. The van der Waals surface area contributed by atoms with Gasteiger partial charge in [-0.1, -0.05) is 0 Å². The highest BCUT2D eigenvalue weighted by atomic mass is 32.1. The highest BCUT2D eigenvalue weighted by Crippen LogP contribution is 2.17. The van der Waals surface area contributed by atoms with Gasteiger partial charge in [0.25, 0.3) is 0 Å². The topological polar surface area (TPSA) is 64.1 Å². The Kier molecular flexibility index (Phi) is 5.49. The standard InChI is InChI=1S/C14H17N3O2S/c1-2-19-13(18)4-3-12-10-20-14(17-12)16-9-11-5-7-15-8-6-11/h5-8,10H,2-4,9H2,1H3,(H,16,17). The number of esters is 1. The van der Waals surface area contributed by atoms with E-state index >= 15 is 0 Å². The largest absolute Gasteiger partial charge is 0.466 e. The highest BCUT2D eigenvalue weighted by molar-refractivity contribution is 7.13. The smallest absolute Gasteiger partial charge is 0.306 e. The molecular formula is C14H17N3O2S. The van der Waals surface area contributed by atoms with Crippen LogP contribution in [0.15, 0.2) is 29.9 Å². The van der Waals surface area contributed by atoms with Crippen molar-refractivity contribution in [1.29, 1.82) is 0 Å². The van der Waals surface area contributed by atoms with Gasteiger partial charge in [-0.3, -0.25) is 9.78 Å². The summed E-state index contributed by atoms with van der Waals surface area (Å²) in [6.45, 7) is 2.95. The molecule has 0 atom stereocenters. The van der Waals surface area contributed by atoms with Crippen molar-refractivity contribution in [3.8, 4) is 0 Å². The minimum absolute atomic E-state index is 0.174. The molecule has 2 heterocycles. The Morgan fingerprint density at radius 2 is 2.20 bits per heavy atom. The Morgan fingerprint density at radius 3 is 2.95 bits per heavy atom. The number of pyridine rings is 1. The van der Waals surface area contributed by atoms with E-state index in [1.807, 2.05) is 24.4 Å². The van der Waals surface area contributed by atoms with Crippen LogP contribution in [0.5, 0.6) is 0 Å². The minimum Gasteiger partial charge on any atom is -0.466 e. The molecule has 0 radical (unpaired) electrons. The van der Waals surface area contributed by atoms with Crippen molar-refractivity contribution in [2.24, 2.45) is 0 Å². The number of carbonyl (C=O) groups excluding carboxylic acids is 1. The van der Waals surface area contributed by atoms with Gasteiger partial charge in [-0.2, -0.15) is 0 Å². The number of aryl methyl sites for hydroxylation is 1. The number of rotatable bonds is 7. The maximum atomic E-state index is 11.3. The second kappa shape index (κ2) is 7.59. The lowest BCUT2D eigenvalue weighted by atomic mass is 10.2. The summed E-state index contributed by atoms with van der Waals surface area (Å²) in [5, 5.41) is 6.09. The predicted molar refractivity (Wildman–Crippen MR) is 78.6 cm³/mol. The number of hydrogen-bond acceptors (Lipinski definition) is 6. The zero-order chi connectivity index (χ0) is 14.2. The van der Waals surface area contributed by atoms with E-state index in [-0.39, 0.29) is 5.97 Å². The van der Waals surface area contributed by atoms with Crippen LogP contribution in [-0.2, 0) is 22.5 Å². The Morgan fingerprint density at radius 1 is 1.40 bits per heavy atom. The van der Waals surface area contributed by atoms with Crippen LogP contribution >= 0.6 is 11.3 Å². The van der Waals surface area contributed by atoms with Gasteiger partial charge >= 0.3 is 5.97 Å². The normalized spacial score (nSPS) is 10.2. The number of nitrogens with one attached hydrogen (secondary N) is 1. The maximum Gasteiger partial charge on any atom is 0.306 e. The number of anilines is 1. The van der Waals surface area contributed by atoms with Crippen molar-refractivity contribution in [1.82, 2.24) is 9.97 Å². The van der Waals surface area contributed by atoms with Crippen molar-refractivity contribution < 1.29 is 9.53 Å². The van der Waals surface area contributed by atoms with E-state index in [9.17, 15) is 4.79 Å². The molecule has 0 aliphatic carbocycles. The molecule has 0 bridgehead atoms. The lowest BCUT2D eigenvalue weighted by Gasteiger charge is -2.02. The fraction of sp³-hybridized carbons (Fsp3) is 0.357. The average molecular weight is 291 g/mol. The van der Waals surface area contributed by atoms with E-state index in [1.54, 1.807) is 23.7 Å². The molecule has 1 N–H and O–H groups in total. The van der Waals surface area contributed by atoms with Crippen LogP contribution in [0.25, 0.3) is 0 Å². The van der Waals surface area contributed by atoms with Crippen molar-refractivity contribution in [3.63, 3.8) is 0 Å². The number of carbonyl (C=O) groups is 1. The van der Waals surface area contributed by atoms with Crippen molar-refractivity contribution in [2.75, 3.05) is 11.9 Å². The summed E-state index contributed by atoms with van der Waals surface area (Å²) in [5.41, 5.74) is 2.07. The fourth-order valence-electron chi connectivity index (χ4n) is 1.64. The summed E-state index contributed by atoms with van der Waals surface area (Å²) in [5.74, 6) is -0.174. The summed E-state index contributed by atoms with van der Waals surface area (Å²) in [7, 11) is 0. The SMILES string of the molecule is CCOC(=O)CCc1csc(NCc2ccncc2)n1. The van der Waals surface area contributed by atoms with Crippen molar-refractivity contribution in [2.45, 2.75) is 26.3 Å². The predicted octanol–water partition coefficient (Wildman–Crippen LogP) is 2.65. The van der Waals surface area contributed by atoms with Gasteiger partial charge in [-0.05, 0) is 24.6 Å². The van der Waals surface area contributed by atoms with Gasteiger partial charge in [-0.25, -0.2) is 4.98 Å². The van der Waals surface area contributed by atoms with Crippen LogP contribution < -0.4 is 5.32 Å². The summed E-state index contributed by atoms with van der Waals surface area (Å²) >= 11 is 1.54. The number of ether oxygens (including phenoxy) is 1. The van der Waals surface area contributed by atoms with Crippen LogP contribution in [-0.4, -0.2) is 22.5 Å². The molecule has 6 heteroatoms. The number of aromatic nitrogens is 2. The number of thiazole rings is 1. The molecule has 0 unspecified atom stereocenters. The molecule has 0 aliphatic rings. The Labute approximate surface area is 122 Å². The third kappa shape index (κ3) is 4.62. The maximum absolute atomic E-state index is 11.3. The first-order chi connectivity index (χ1) is 9.78. The van der Waals surface area contributed by atoms with Gasteiger partial charge in [-0.15, -0.1) is 11.3 Å². The summed E-state index contributed by atoms with van der Waals surface area (Å²) in [6.07, 6.45) is 4.53. The van der Waals surface area contributed by atoms with E-state index in [1.165, 1.54) is 0 Å². The van der Waals surface area contributed by atoms with Crippen LogP contribution in [0.4, 0.5) is 5.13 Å². The van der Waals surface area contributed by atoms with Crippen LogP contribution in [0, 0.1) is 0 Å². The monoisotopic (exact) mass is 291 g/mol. The summed E-state index contributed by atoms with van der Waals surface area (Å²) in [6, 6.07) is 3.92. The third-order valence-electron chi connectivity index (χ3n) is 2.64. The minimum atomic E-state index is -0.174. The van der Waals surface area contributed by atoms with Crippen molar-refractivity contribution in [3.05, 3.63) is 41.2 Å². The molecule has 0 aromatic carbocycles.